The lowest BCUT2D eigenvalue weighted by Crippen LogP contribution is -2.27. The van der Waals surface area contributed by atoms with Gasteiger partial charge in [0.05, 0.1) is 12.0 Å². The Labute approximate surface area is 126 Å². The van der Waals surface area contributed by atoms with Crippen molar-refractivity contribution in [2.75, 3.05) is 11.9 Å². The molecule has 0 saturated carbocycles. The number of amides is 1. The molecule has 0 bridgehead atoms. The van der Waals surface area contributed by atoms with Crippen molar-refractivity contribution in [2.24, 2.45) is 5.92 Å². The number of anilines is 1. The van der Waals surface area contributed by atoms with Crippen LogP contribution in [0, 0.1) is 5.92 Å². The summed E-state index contributed by atoms with van der Waals surface area (Å²) in [6.45, 7) is 2.63. The smallest absolute Gasteiger partial charge is 0.230 e. The van der Waals surface area contributed by atoms with Crippen LogP contribution in [-0.4, -0.2) is 18.6 Å². The zero-order valence-corrected chi connectivity index (χ0v) is 12.8. The van der Waals surface area contributed by atoms with Crippen LogP contribution in [0.3, 0.4) is 0 Å². The summed E-state index contributed by atoms with van der Waals surface area (Å²) in [5, 5.41) is 5.25. The lowest BCUT2D eigenvalue weighted by Gasteiger charge is -2.14. The normalized spacial score (nSPS) is 22.1. The van der Waals surface area contributed by atoms with Crippen LogP contribution in [0.2, 0.25) is 0 Å². The topological polar surface area (TPSA) is 38.3 Å². The first-order valence-electron chi connectivity index (χ1n) is 6.75. The van der Waals surface area contributed by atoms with Gasteiger partial charge < -0.3 is 10.1 Å². The molecule has 2 atom stereocenters. The van der Waals surface area contributed by atoms with Crippen molar-refractivity contribution in [3.8, 4) is 0 Å². The zero-order valence-electron chi connectivity index (χ0n) is 11.2. The van der Waals surface area contributed by atoms with E-state index in [9.17, 15) is 4.79 Å². The van der Waals surface area contributed by atoms with Gasteiger partial charge in [-0.2, -0.15) is 0 Å². The summed E-state index contributed by atoms with van der Waals surface area (Å²) in [6.07, 6.45) is 0.805. The third kappa shape index (κ3) is 2.72. The fraction of sp³-hybridized carbons (Fsp3) is 0.312. The van der Waals surface area contributed by atoms with Crippen LogP contribution in [0.4, 0.5) is 5.69 Å². The number of halogens is 1. The molecule has 2 aromatic carbocycles. The van der Waals surface area contributed by atoms with Crippen LogP contribution in [0.15, 0.2) is 40.9 Å². The van der Waals surface area contributed by atoms with Crippen molar-refractivity contribution < 1.29 is 9.53 Å². The minimum absolute atomic E-state index is 0.00594. The van der Waals surface area contributed by atoms with E-state index in [-0.39, 0.29) is 17.9 Å². The first-order valence-corrected chi connectivity index (χ1v) is 7.54. The Morgan fingerprint density at radius 1 is 1.25 bits per heavy atom. The Hall–Kier alpha value is -1.39. The third-order valence-electron chi connectivity index (χ3n) is 3.78. The van der Waals surface area contributed by atoms with Gasteiger partial charge in [-0.1, -0.05) is 28.1 Å². The van der Waals surface area contributed by atoms with Gasteiger partial charge in [-0.3, -0.25) is 4.79 Å². The van der Waals surface area contributed by atoms with Gasteiger partial charge in [0.1, 0.15) is 0 Å². The molecule has 1 fully saturated rings. The van der Waals surface area contributed by atoms with E-state index in [1.165, 1.54) is 0 Å². The molecule has 1 heterocycles. The molecule has 3 nitrogen and oxygen atoms in total. The number of hydrogen-bond donors (Lipinski definition) is 1. The molecule has 0 spiro atoms. The summed E-state index contributed by atoms with van der Waals surface area (Å²) in [7, 11) is 0. The second-order valence-corrected chi connectivity index (χ2v) is 6.08. The van der Waals surface area contributed by atoms with Crippen molar-refractivity contribution in [1.29, 1.82) is 0 Å². The Morgan fingerprint density at radius 2 is 2.00 bits per heavy atom. The maximum atomic E-state index is 12.2. The number of hydrogen-bond acceptors (Lipinski definition) is 2. The highest BCUT2D eigenvalue weighted by atomic mass is 79.9. The highest BCUT2D eigenvalue weighted by molar-refractivity contribution is 9.10. The van der Waals surface area contributed by atoms with Crippen LogP contribution >= 0.6 is 15.9 Å². The molecule has 2 unspecified atom stereocenters. The maximum Gasteiger partial charge on any atom is 0.230 e. The molecule has 0 aliphatic carbocycles. The number of carbonyl (C=O) groups is 1. The number of nitrogens with one attached hydrogen (secondary N) is 1. The third-order valence-corrected chi connectivity index (χ3v) is 4.28. The van der Waals surface area contributed by atoms with E-state index in [1.54, 1.807) is 0 Å². The van der Waals surface area contributed by atoms with Crippen molar-refractivity contribution in [3.05, 3.63) is 40.9 Å². The van der Waals surface area contributed by atoms with Crippen LogP contribution in [-0.2, 0) is 9.53 Å². The minimum atomic E-state index is -0.0457. The van der Waals surface area contributed by atoms with Gasteiger partial charge in [0.2, 0.25) is 5.91 Å². The predicted octanol–water partition coefficient (Wildman–Crippen LogP) is 3.97. The van der Waals surface area contributed by atoms with E-state index in [4.69, 9.17) is 4.74 Å². The Balaban J connectivity index is 1.80. The largest absolute Gasteiger partial charge is 0.378 e. The van der Waals surface area contributed by atoms with E-state index in [2.05, 4.69) is 27.3 Å². The summed E-state index contributed by atoms with van der Waals surface area (Å²) >= 11 is 3.46. The molecule has 1 N–H and O–H groups in total. The molecule has 3 rings (SSSR count). The first-order chi connectivity index (χ1) is 9.63. The van der Waals surface area contributed by atoms with Gasteiger partial charge in [-0.25, -0.2) is 0 Å². The molecular weight excluding hydrogens is 318 g/mol. The van der Waals surface area contributed by atoms with Crippen LogP contribution in [0.1, 0.15) is 13.3 Å². The molecule has 1 saturated heterocycles. The highest BCUT2D eigenvalue weighted by Crippen LogP contribution is 2.25. The van der Waals surface area contributed by atoms with Gasteiger partial charge in [0, 0.05) is 16.8 Å². The van der Waals surface area contributed by atoms with Crippen molar-refractivity contribution in [1.82, 2.24) is 0 Å². The molecule has 1 aliphatic heterocycles. The van der Waals surface area contributed by atoms with Gasteiger partial charge in [-0.05, 0) is 48.4 Å². The Morgan fingerprint density at radius 3 is 2.75 bits per heavy atom. The minimum Gasteiger partial charge on any atom is -0.378 e. The SMILES string of the molecule is CC1OCCC1C(=O)Nc1ccc2cc(Br)ccc2c1. The van der Waals surface area contributed by atoms with Crippen molar-refractivity contribution in [3.63, 3.8) is 0 Å². The van der Waals surface area contributed by atoms with E-state index >= 15 is 0 Å². The second kappa shape index (κ2) is 5.54. The monoisotopic (exact) mass is 333 g/mol. The standard InChI is InChI=1S/C16H16BrNO2/c1-10-15(6-7-20-10)16(19)18-14-5-3-11-8-13(17)4-2-12(11)9-14/h2-5,8-10,15H,6-7H2,1H3,(H,18,19). The lowest BCUT2D eigenvalue weighted by atomic mass is 10.0. The van der Waals surface area contributed by atoms with Crippen LogP contribution in [0.5, 0.6) is 0 Å². The Kier molecular flexibility index (Phi) is 3.76. The summed E-state index contributed by atoms with van der Waals surface area (Å²) in [5.41, 5.74) is 0.837. The van der Waals surface area contributed by atoms with E-state index in [0.29, 0.717) is 6.61 Å². The molecule has 1 amide bonds. The summed E-state index contributed by atoms with van der Waals surface area (Å²) in [4.78, 5) is 12.2. The fourth-order valence-corrected chi connectivity index (χ4v) is 2.98. The number of rotatable bonds is 2. The predicted molar refractivity (Wildman–Crippen MR) is 83.8 cm³/mol. The van der Waals surface area contributed by atoms with Gasteiger partial charge >= 0.3 is 0 Å². The summed E-state index contributed by atoms with van der Waals surface area (Å²) in [5.74, 6) is 0.00192. The van der Waals surface area contributed by atoms with Crippen molar-refractivity contribution >= 4 is 38.3 Å². The molecular formula is C16H16BrNO2. The molecule has 0 aromatic heterocycles. The van der Waals surface area contributed by atoms with Gasteiger partial charge in [-0.15, -0.1) is 0 Å². The molecule has 1 aliphatic rings. The average molecular weight is 334 g/mol. The number of ether oxygens (including phenoxy) is 1. The van der Waals surface area contributed by atoms with Crippen LogP contribution in [0.25, 0.3) is 10.8 Å². The lowest BCUT2D eigenvalue weighted by molar-refractivity contribution is -0.121. The number of benzene rings is 2. The fourth-order valence-electron chi connectivity index (χ4n) is 2.61. The molecule has 20 heavy (non-hydrogen) atoms. The van der Waals surface area contributed by atoms with Gasteiger partial charge in [0.25, 0.3) is 0 Å². The first kappa shape index (κ1) is 13.6. The molecule has 2 aromatic rings. The van der Waals surface area contributed by atoms with E-state index in [0.717, 1.165) is 27.4 Å². The van der Waals surface area contributed by atoms with Crippen LogP contribution < -0.4 is 5.32 Å². The highest BCUT2D eigenvalue weighted by Gasteiger charge is 2.30. The van der Waals surface area contributed by atoms with Crippen molar-refractivity contribution in [2.45, 2.75) is 19.4 Å². The quantitative estimate of drug-likeness (QED) is 0.903. The zero-order chi connectivity index (χ0) is 14.1. The van der Waals surface area contributed by atoms with E-state index < -0.39 is 0 Å². The average Bonchev–Trinajstić information content (AvgIpc) is 2.85. The Bertz CT molecular complexity index is 656. The summed E-state index contributed by atoms with van der Waals surface area (Å²) < 4.78 is 6.50. The van der Waals surface area contributed by atoms with Gasteiger partial charge in [0.15, 0.2) is 0 Å². The van der Waals surface area contributed by atoms with E-state index in [1.807, 2.05) is 37.3 Å². The molecule has 104 valence electrons. The molecule has 0 radical (unpaired) electrons. The number of carbonyl (C=O) groups excluding carboxylic acids is 1. The summed E-state index contributed by atoms with van der Waals surface area (Å²) in [6, 6.07) is 12.1. The maximum absolute atomic E-state index is 12.2. The second-order valence-electron chi connectivity index (χ2n) is 5.17. The number of fused-ring (bicyclic) bond motifs is 1. The molecule has 4 heteroatoms.